The topological polar surface area (TPSA) is 23.6 Å². The number of thiophene rings is 1. The molecule has 0 atom stereocenters. The van der Waals surface area contributed by atoms with E-state index in [1.807, 2.05) is 12.1 Å². The zero-order valence-electron chi connectivity index (χ0n) is 13.4. The largest absolute Gasteiger partial charge is 0.345 e. The van der Waals surface area contributed by atoms with Gasteiger partial charge in [0.1, 0.15) is 0 Å². The van der Waals surface area contributed by atoms with E-state index in [1.165, 1.54) is 21.2 Å². The number of halogens is 2. The second-order valence-electron chi connectivity index (χ2n) is 5.90. The van der Waals surface area contributed by atoms with Crippen molar-refractivity contribution >= 4 is 57.4 Å². The summed E-state index contributed by atoms with van der Waals surface area (Å²) >= 11 is 8.15. The summed E-state index contributed by atoms with van der Waals surface area (Å²) in [5.74, 6) is 0.00453. The lowest BCUT2D eigenvalue weighted by molar-refractivity contribution is -0.123. The molecule has 0 radical (unpaired) electrons. The first-order valence-electron chi connectivity index (χ1n) is 7.28. The fourth-order valence-electron chi connectivity index (χ4n) is 2.80. The average Bonchev–Trinajstić information content (AvgIpc) is 2.70. The molecule has 0 N–H and O–H groups in total. The van der Waals surface area contributed by atoms with Crippen molar-refractivity contribution in [3.63, 3.8) is 0 Å². The molecule has 1 aliphatic heterocycles. The molecule has 6 heteroatoms. The smallest absolute Gasteiger partial charge is 0.246 e. The molecule has 1 aliphatic rings. The summed E-state index contributed by atoms with van der Waals surface area (Å²) in [6.07, 6.45) is 4.56. The lowest BCUT2D eigenvalue weighted by atomic mass is 10.0. The average molecular weight is 371 g/mol. The van der Waals surface area contributed by atoms with Gasteiger partial charge in [0.25, 0.3) is 0 Å². The number of carbonyl (C=O) groups is 1. The van der Waals surface area contributed by atoms with Crippen LogP contribution < -0.4 is 0 Å². The molecule has 1 aromatic heterocycles. The third-order valence-corrected chi connectivity index (χ3v) is 5.54. The van der Waals surface area contributed by atoms with E-state index in [1.54, 1.807) is 36.4 Å². The second kappa shape index (κ2) is 7.22. The minimum absolute atomic E-state index is 0. The first kappa shape index (κ1) is 18.3. The fraction of sp³-hybridized carbons (Fsp3) is 0.353. The Hall–Kier alpha value is -1.07. The van der Waals surface area contributed by atoms with Gasteiger partial charge in [0.05, 0.1) is 0 Å². The van der Waals surface area contributed by atoms with Gasteiger partial charge in [0, 0.05) is 53.2 Å². The third-order valence-electron chi connectivity index (χ3n) is 4.03. The number of nitrogens with zero attached hydrogens (tertiary/aromatic N) is 2. The molecule has 0 unspecified atom stereocenters. The van der Waals surface area contributed by atoms with Crippen molar-refractivity contribution in [2.45, 2.75) is 13.0 Å². The van der Waals surface area contributed by atoms with E-state index >= 15 is 0 Å². The summed E-state index contributed by atoms with van der Waals surface area (Å²) in [6, 6.07) is 4.08. The monoisotopic (exact) mass is 370 g/mol. The van der Waals surface area contributed by atoms with Crippen LogP contribution in [0.4, 0.5) is 0 Å². The predicted octanol–water partition coefficient (Wildman–Crippen LogP) is 4.07. The van der Waals surface area contributed by atoms with Gasteiger partial charge in [-0.1, -0.05) is 11.6 Å². The van der Waals surface area contributed by atoms with E-state index in [9.17, 15) is 4.79 Å². The van der Waals surface area contributed by atoms with Crippen molar-refractivity contribution in [3.05, 3.63) is 39.2 Å². The Bertz CT molecular complexity index is 768. The van der Waals surface area contributed by atoms with E-state index in [0.29, 0.717) is 0 Å². The van der Waals surface area contributed by atoms with Crippen LogP contribution in [-0.2, 0) is 17.8 Å². The molecule has 23 heavy (non-hydrogen) atoms. The highest BCUT2D eigenvalue weighted by molar-refractivity contribution is 7.20. The maximum atomic E-state index is 11.8. The van der Waals surface area contributed by atoms with E-state index in [-0.39, 0.29) is 18.3 Å². The molecule has 3 rings (SSSR count). The minimum atomic E-state index is 0. The molecule has 1 amide bonds. The van der Waals surface area contributed by atoms with E-state index in [2.05, 4.69) is 18.0 Å². The second-order valence-corrected chi connectivity index (χ2v) is 7.39. The van der Waals surface area contributed by atoms with Gasteiger partial charge >= 0.3 is 0 Å². The molecular weight excluding hydrogens is 351 g/mol. The Kier molecular flexibility index (Phi) is 5.74. The Morgan fingerprint density at radius 1 is 1.35 bits per heavy atom. The van der Waals surface area contributed by atoms with Crippen LogP contribution in [0.1, 0.15) is 16.0 Å². The Morgan fingerprint density at radius 2 is 2.09 bits per heavy atom. The number of carbonyl (C=O) groups excluding carboxylic acids is 1. The molecule has 0 aliphatic carbocycles. The highest BCUT2D eigenvalue weighted by Gasteiger charge is 2.21. The number of benzene rings is 1. The number of likely N-dealkylation sites (N-methyl/N-ethyl adjacent to an activating group) is 2. The highest BCUT2D eigenvalue weighted by Crippen LogP contribution is 2.39. The van der Waals surface area contributed by atoms with Gasteiger partial charge in [0.15, 0.2) is 0 Å². The van der Waals surface area contributed by atoms with E-state index in [4.69, 9.17) is 11.6 Å². The van der Waals surface area contributed by atoms with Crippen molar-refractivity contribution in [1.29, 1.82) is 0 Å². The molecule has 0 fully saturated rings. The lowest BCUT2D eigenvalue weighted by Crippen LogP contribution is -2.19. The van der Waals surface area contributed by atoms with Crippen LogP contribution in [0.2, 0.25) is 5.02 Å². The molecule has 2 aromatic rings. The summed E-state index contributed by atoms with van der Waals surface area (Å²) in [6.45, 7) is 1.89. The minimum Gasteiger partial charge on any atom is -0.345 e. The standard InChI is InChI=1S/C17H19ClN2OS.ClH/c1-19(2)16(21)7-6-14-12-10-20(3)9-8-11-13(18)4-5-15(22-14)17(11)12;/h4-7H,8-10H2,1-3H3;1H/b7-6+;. The van der Waals surface area contributed by atoms with Gasteiger partial charge in [-0.3, -0.25) is 4.79 Å². The summed E-state index contributed by atoms with van der Waals surface area (Å²) in [5.41, 5.74) is 2.54. The Morgan fingerprint density at radius 3 is 2.78 bits per heavy atom. The van der Waals surface area contributed by atoms with Crippen molar-refractivity contribution in [2.24, 2.45) is 0 Å². The van der Waals surface area contributed by atoms with Gasteiger partial charge in [0.2, 0.25) is 5.91 Å². The molecule has 0 bridgehead atoms. The number of hydrogen-bond donors (Lipinski definition) is 0. The number of rotatable bonds is 2. The summed E-state index contributed by atoms with van der Waals surface area (Å²) < 4.78 is 1.25. The van der Waals surface area contributed by atoms with Crippen molar-refractivity contribution in [2.75, 3.05) is 27.7 Å². The van der Waals surface area contributed by atoms with Crippen molar-refractivity contribution in [1.82, 2.24) is 9.80 Å². The van der Waals surface area contributed by atoms with E-state index < -0.39 is 0 Å². The van der Waals surface area contributed by atoms with Crippen LogP contribution in [0.15, 0.2) is 18.2 Å². The molecular formula is C17H20Cl2N2OS. The lowest BCUT2D eigenvalue weighted by Gasteiger charge is -2.13. The first-order chi connectivity index (χ1) is 10.5. The molecule has 124 valence electrons. The van der Waals surface area contributed by atoms with Crippen LogP contribution in [0, 0.1) is 0 Å². The van der Waals surface area contributed by atoms with Crippen molar-refractivity contribution < 1.29 is 4.79 Å². The maximum Gasteiger partial charge on any atom is 0.246 e. The quantitative estimate of drug-likeness (QED) is 0.743. The summed E-state index contributed by atoms with van der Waals surface area (Å²) in [4.78, 5) is 16.9. The van der Waals surface area contributed by atoms with Crippen LogP contribution in [0.25, 0.3) is 16.2 Å². The molecule has 2 heterocycles. The predicted molar refractivity (Wildman–Crippen MR) is 102 cm³/mol. The zero-order chi connectivity index (χ0) is 15.9. The van der Waals surface area contributed by atoms with Crippen LogP contribution in [0.3, 0.4) is 0 Å². The molecule has 1 aromatic carbocycles. The first-order valence-corrected chi connectivity index (χ1v) is 8.47. The molecule has 3 nitrogen and oxygen atoms in total. The van der Waals surface area contributed by atoms with Gasteiger partial charge in [-0.15, -0.1) is 23.7 Å². The summed E-state index contributed by atoms with van der Waals surface area (Å²) in [7, 11) is 5.65. The fourth-order valence-corrected chi connectivity index (χ4v) is 4.20. The van der Waals surface area contributed by atoms with E-state index in [0.717, 1.165) is 29.4 Å². The van der Waals surface area contributed by atoms with Crippen molar-refractivity contribution in [3.8, 4) is 0 Å². The molecule has 0 saturated heterocycles. The van der Waals surface area contributed by atoms with Gasteiger partial charge in [-0.2, -0.15) is 0 Å². The normalized spacial score (nSPS) is 14.8. The van der Waals surface area contributed by atoms with Crippen LogP contribution >= 0.6 is 35.3 Å². The zero-order valence-corrected chi connectivity index (χ0v) is 15.8. The maximum absolute atomic E-state index is 11.8. The van der Waals surface area contributed by atoms with Crippen LogP contribution in [-0.4, -0.2) is 43.4 Å². The highest BCUT2D eigenvalue weighted by atomic mass is 35.5. The summed E-state index contributed by atoms with van der Waals surface area (Å²) in [5, 5.41) is 2.14. The molecule has 0 saturated carbocycles. The van der Waals surface area contributed by atoms with Gasteiger partial charge in [-0.25, -0.2) is 0 Å². The van der Waals surface area contributed by atoms with Gasteiger partial charge < -0.3 is 9.80 Å². The molecule has 0 spiro atoms. The van der Waals surface area contributed by atoms with Gasteiger partial charge in [-0.05, 0) is 42.8 Å². The third kappa shape index (κ3) is 3.56. The Balaban J connectivity index is 0.00000192. The Labute approximate surface area is 151 Å². The van der Waals surface area contributed by atoms with Crippen LogP contribution in [0.5, 0.6) is 0 Å². The SMILES string of the molecule is CN1CCc2c(Cl)ccc3sc(/C=C/C(=O)N(C)C)c(c23)C1.Cl. The number of amides is 1. The number of hydrogen-bond acceptors (Lipinski definition) is 3.